The zero-order chi connectivity index (χ0) is 14.0. The fourth-order valence-corrected chi connectivity index (χ4v) is 1.91. The molecule has 0 saturated carbocycles. The Balaban J connectivity index is 2.20. The number of nitrogens with one attached hydrogen (secondary N) is 1. The van der Waals surface area contributed by atoms with E-state index in [2.05, 4.69) is 21.2 Å². The molecule has 2 aromatic carbocycles. The van der Waals surface area contributed by atoms with Crippen molar-refractivity contribution in [2.75, 3.05) is 5.32 Å². The number of hydrogen-bond donors (Lipinski definition) is 2. The molecule has 0 bridgehead atoms. The van der Waals surface area contributed by atoms with Crippen LogP contribution in [-0.4, -0.2) is 11.0 Å². The number of carbonyl (C=O) groups is 1. The van der Waals surface area contributed by atoms with E-state index in [1.165, 1.54) is 24.3 Å². The minimum absolute atomic E-state index is 0.109. The van der Waals surface area contributed by atoms with Gasteiger partial charge in [-0.15, -0.1) is 0 Å². The number of halogens is 2. The van der Waals surface area contributed by atoms with E-state index in [1.807, 2.05) is 0 Å². The quantitative estimate of drug-likeness (QED) is 0.881. The Hall–Kier alpha value is -1.88. The number of aryl methyl sites for hydroxylation is 1. The maximum Gasteiger partial charge on any atom is 0.255 e. The molecule has 0 saturated heterocycles. The fraction of sp³-hybridized carbons (Fsp3) is 0.0714. The summed E-state index contributed by atoms with van der Waals surface area (Å²) in [5, 5.41) is 12.2. The van der Waals surface area contributed by atoms with Gasteiger partial charge >= 0.3 is 0 Å². The Morgan fingerprint density at radius 1 is 1.26 bits per heavy atom. The predicted octanol–water partition coefficient (Wildman–Crippen LogP) is 3.85. The first-order valence-corrected chi connectivity index (χ1v) is 6.32. The molecule has 2 aromatic rings. The van der Waals surface area contributed by atoms with Crippen LogP contribution in [0.25, 0.3) is 0 Å². The number of hydrogen-bond acceptors (Lipinski definition) is 2. The van der Waals surface area contributed by atoms with Gasteiger partial charge in [0.1, 0.15) is 11.6 Å². The summed E-state index contributed by atoms with van der Waals surface area (Å²) in [5.41, 5.74) is 1.53. The Labute approximate surface area is 118 Å². The van der Waals surface area contributed by atoms with Gasteiger partial charge in [0.05, 0.1) is 4.47 Å². The molecular formula is C14H11BrFNO2. The van der Waals surface area contributed by atoms with Crippen LogP contribution in [0.5, 0.6) is 5.75 Å². The molecule has 0 fully saturated rings. The summed E-state index contributed by atoms with van der Waals surface area (Å²) in [6.45, 7) is 1.76. The van der Waals surface area contributed by atoms with E-state index in [0.29, 0.717) is 11.3 Å². The Morgan fingerprint density at radius 2 is 2.00 bits per heavy atom. The summed E-state index contributed by atoms with van der Waals surface area (Å²) < 4.78 is 13.3. The third kappa shape index (κ3) is 3.12. The van der Waals surface area contributed by atoms with Gasteiger partial charge in [0.2, 0.25) is 0 Å². The van der Waals surface area contributed by atoms with E-state index >= 15 is 0 Å². The van der Waals surface area contributed by atoms with Gasteiger partial charge in [0.25, 0.3) is 5.91 Å². The summed E-state index contributed by atoms with van der Waals surface area (Å²) in [4.78, 5) is 11.9. The molecule has 0 aromatic heterocycles. The second-order valence-electron chi connectivity index (χ2n) is 4.08. The lowest BCUT2D eigenvalue weighted by molar-refractivity contribution is 0.102. The molecule has 0 aliphatic carbocycles. The third-order valence-electron chi connectivity index (χ3n) is 2.65. The zero-order valence-electron chi connectivity index (χ0n) is 10.1. The molecule has 98 valence electrons. The van der Waals surface area contributed by atoms with Crippen molar-refractivity contribution in [2.24, 2.45) is 0 Å². The highest BCUT2D eigenvalue weighted by Crippen LogP contribution is 2.22. The lowest BCUT2D eigenvalue weighted by atomic mass is 10.2. The van der Waals surface area contributed by atoms with Gasteiger partial charge < -0.3 is 10.4 Å². The summed E-state index contributed by atoms with van der Waals surface area (Å²) in [6.07, 6.45) is 0. The zero-order valence-corrected chi connectivity index (χ0v) is 11.7. The lowest BCUT2D eigenvalue weighted by Gasteiger charge is -2.07. The highest BCUT2D eigenvalue weighted by molar-refractivity contribution is 9.10. The molecular weight excluding hydrogens is 313 g/mol. The Kier molecular flexibility index (Phi) is 3.85. The molecule has 3 nitrogen and oxygen atoms in total. The molecule has 0 atom stereocenters. The molecule has 2 N–H and O–H groups in total. The summed E-state index contributed by atoms with van der Waals surface area (Å²) >= 11 is 3.03. The van der Waals surface area contributed by atoms with Crippen LogP contribution in [0, 0.1) is 12.7 Å². The molecule has 5 heteroatoms. The average Bonchev–Trinajstić information content (AvgIpc) is 2.37. The summed E-state index contributed by atoms with van der Waals surface area (Å²) in [5.74, 6) is -0.688. The number of benzene rings is 2. The highest BCUT2D eigenvalue weighted by atomic mass is 79.9. The number of aromatic hydroxyl groups is 1. The van der Waals surface area contributed by atoms with E-state index in [-0.39, 0.29) is 16.1 Å². The van der Waals surface area contributed by atoms with Crippen molar-refractivity contribution in [2.45, 2.75) is 6.92 Å². The number of carbonyl (C=O) groups excluding carboxylic acids is 1. The largest absolute Gasteiger partial charge is 0.508 e. The van der Waals surface area contributed by atoms with Gasteiger partial charge in [0, 0.05) is 17.3 Å². The van der Waals surface area contributed by atoms with Crippen molar-refractivity contribution in [3.8, 4) is 5.75 Å². The minimum Gasteiger partial charge on any atom is -0.508 e. The first kappa shape index (κ1) is 13.5. The van der Waals surface area contributed by atoms with Gasteiger partial charge in [-0.3, -0.25) is 4.79 Å². The van der Waals surface area contributed by atoms with Crippen molar-refractivity contribution < 1.29 is 14.3 Å². The SMILES string of the molecule is Cc1ccc(NC(=O)c2ccc(F)c(Br)c2)cc1O. The van der Waals surface area contributed by atoms with E-state index < -0.39 is 5.82 Å². The summed E-state index contributed by atoms with van der Waals surface area (Å²) in [7, 11) is 0. The molecule has 0 radical (unpaired) electrons. The van der Waals surface area contributed by atoms with Gasteiger partial charge in [0.15, 0.2) is 0 Å². The molecule has 19 heavy (non-hydrogen) atoms. The monoisotopic (exact) mass is 323 g/mol. The van der Waals surface area contributed by atoms with Crippen molar-refractivity contribution in [3.63, 3.8) is 0 Å². The maximum atomic E-state index is 13.1. The minimum atomic E-state index is -0.426. The summed E-state index contributed by atoms with van der Waals surface area (Å²) in [6, 6.07) is 8.86. The van der Waals surface area contributed by atoms with Crippen LogP contribution in [0.1, 0.15) is 15.9 Å². The van der Waals surface area contributed by atoms with Crippen molar-refractivity contribution in [1.29, 1.82) is 0 Å². The van der Waals surface area contributed by atoms with E-state index in [0.717, 1.165) is 5.56 Å². The van der Waals surface area contributed by atoms with Gasteiger partial charge in [-0.2, -0.15) is 0 Å². The number of anilines is 1. The highest BCUT2D eigenvalue weighted by Gasteiger charge is 2.09. The van der Waals surface area contributed by atoms with E-state index in [1.54, 1.807) is 19.1 Å². The molecule has 0 unspecified atom stereocenters. The topological polar surface area (TPSA) is 49.3 Å². The average molecular weight is 324 g/mol. The number of amides is 1. The van der Waals surface area contributed by atoms with Crippen molar-refractivity contribution in [1.82, 2.24) is 0 Å². The molecule has 0 spiro atoms. The second-order valence-corrected chi connectivity index (χ2v) is 4.94. The normalized spacial score (nSPS) is 10.3. The molecule has 0 aliphatic heterocycles. The number of phenols is 1. The van der Waals surface area contributed by atoms with Crippen LogP contribution in [0.3, 0.4) is 0 Å². The van der Waals surface area contributed by atoms with Crippen LogP contribution in [0.15, 0.2) is 40.9 Å². The fourth-order valence-electron chi connectivity index (χ4n) is 1.53. The van der Waals surface area contributed by atoms with Crippen LogP contribution in [-0.2, 0) is 0 Å². The number of rotatable bonds is 2. The standard InChI is InChI=1S/C14H11BrFNO2/c1-8-2-4-10(7-13(8)18)17-14(19)9-3-5-12(16)11(15)6-9/h2-7,18H,1H3,(H,17,19). The van der Waals surface area contributed by atoms with E-state index in [9.17, 15) is 14.3 Å². The van der Waals surface area contributed by atoms with Gasteiger partial charge in [-0.05, 0) is 52.7 Å². The molecule has 0 heterocycles. The van der Waals surface area contributed by atoms with Gasteiger partial charge in [-0.1, -0.05) is 6.07 Å². The van der Waals surface area contributed by atoms with Crippen LogP contribution >= 0.6 is 15.9 Å². The molecule has 1 amide bonds. The second kappa shape index (κ2) is 5.40. The Morgan fingerprint density at radius 3 is 2.63 bits per heavy atom. The number of phenolic OH excluding ortho intramolecular Hbond substituents is 1. The van der Waals surface area contributed by atoms with Crippen molar-refractivity contribution >= 4 is 27.5 Å². The Bertz CT molecular complexity index is 643. The van der Waals surface area contributed by atoms with Crippen LogP contribution in [0.4, 0.5) is 10.1 Å². The van der Waals surface area contributed by atoms with Crippen LogP contribution in [0.2, 0.25) is 0 Å². The predicted molar refractivity (Wildman–Crippen MR) is 74.9 cm³/mol. The van der Waals surface area contributed by atoms with Crippen molar-refractivity contribution in [3.05, 3.63) is 57.8 Å². The van der Waals surface area contributed by atoms with Crippen LogP contribution < -0.4 is 5.32 Å². The smallest absolute Gasteiger partial charge is 0.255 e. The first-order valence-electron chi connectivity index (χ1n) is 5.53. The maximum absolute atomic E-state index is 13.1. The van der Waals surface area contributed by atoms with E-state index in [4.69, 9.17) is 0 Å². The lowest BCUT2D eigenvalue weighted by Crippen LogP contribution is -2.12. The van der Waals surface area contributed by atoms with Gasteiger partial charge in [-0.25, -0.2) is 4.39 Å². The molecule has 2 rings (SSSR count). The first-order chi connectivity index (χ1) is 8.97. The third-order valence-corrected chi connectivity index (χ3v) is 3.26. The molecule has 0 aliphatic rings.